The molecule has 0 aliphatic heterocycles. The molecule has 0 fully saturated rings. The zero-order chi connectivity index (χ0) is 15.3. The highest BCUT2D eigenvalue weighted by Crippen LogP contribution is 2.29. The van der Waals surface area contributed by atoms with Gasteiger partial charge in [0.15, 0.2) is 5.78 Å². The summed E-state index contributed by atoms with van der Waals surface area (Å²) in [5.41, 5.74) is 1.79. The SMILES string of the molecule is CC(C)COc1ccc(C(C)(C)C)cc1C(=O)CCCl. The second kappa shape index (κ2) is 7.12. The number of ether oxygens (including phenoxy) is 1. The number of benzene rings is 1. The number of rotatable bonds is 6. The third-order valence-electron chi connectivity index (χ3n) is 3.04. The largest absolute Gasteiger partial charge is 0.493 e. The molecular formula is C17H25ClO2. The number of carbonyl (C=O) groups is 1. The van der Waals surface area contributed by atoms with E-state index in [-0.39, 0.29) is 11.2 Å². The van der Waals surface area contributed by atoms with Crippen LogP contribution in [0, 0.1) is 5.92 Å². The van der Waals surface area contributed by atoms with Gasteiger partial charge in [0.1, 0.15) is 5.75 Å². The first kappa shape index (κ1) is 17.0. The first-order chi connectivity index (χ1) is 9.25. The van der Waals surface area contributed by atoms with Crippen molar-refractivity contribution in [3.05, 3.63) is 29.3 Å². The van der Waals surface area contributed by atoms with Crippen LogP contribution in [0.4, 0.5) is 0 Å². The van der Waals surface area contributed by atoms with Crippen molar-refractivity contribution >= 4 is 17.4 Å². The second-order valence-corrected chi connectivity index (χ2v) is 6.91. The maximum absolute atomic E-state index is 12.2. The lowest BCUT2D eigenvalue weighted by molar-refractivity contribution is 0.0984. The van der Waals surface area contributed by atoms with Crippen molar-refractivity contribution in [2.45, 2.75) is 46.5 Å². The summed E-state index contributed by atoms with van der Waals surface area (Å²) < 4.78 is 5.77. The zero-order valence-electron chi connectivity index (χ0n) is 13.1. The van der Waals surface area contributed by atoms with Gasteiger partial charge in [0, 0.05) is 12.3 Å². The molecule has 112 valence electrons. The van der Waals surface area contributed by atoms with Gasteiger partial charge in [-0.1, -0.05) is 40.7 Å². The minimum atomic E-state index is 0.00652. The molecule has 1 aromatic rings. The summed E-state index contributed by atoms with van der Waals surface area (Å²) in [7, 11) is 0. The van der Waals surface area contributed by atoms with Gasteiger partial charge in [0.25, 0.3) is 0 Å². The maximum atomic E-state index is 12.2. The van der Waals surface area contributed by atoms with Crippen LogP contribution < -0.4 is 4.74 Å². The Morgan fingerprint density at radius 3 is 2.45 bits per heavy atom. The highest BCUT2D eigenvalue weighted by Gasteiger charge is 2.19. The third kappa shape index (κ3) is 4.82. The molecule has 0 radical (unpaired) electrons. The van der Waals surface area contributed by atoms with Crippen molar-refractivity contribution in [3.63, 3.8) is 0 Å². The van der Waals surface area contributed by atoms with Gasteiger partial charge in [-0.3, -0.25) is 4.79 Å². The summed E-state index contributed by atoms with van der Waals surface area (Å²) in [4.78, 5) is 12.2. The number of Topliss-reactive ketones (excluding diaryl/α,β-unsaturated/α-hetero) is 1. The number of hydrogen-bond acceptors (Lipinski definition) is 2. The average molecular weight is 297 g/mol. The quantitative estimate of drug-likeness (QED) is 0.555. The van der Waals surface area contributed by atoms with Crippen LogP contribution in [0.25, 0.3) is 0 Å². The Morgan fingerprint density at radius 1 is 1.30 bits per heavy atom. The van der Waals surface area contributed by atoms with Crippen LogP contribution >= 0.6 is 11.6 Å². The van der Waals surface area contributed by atoms with Crippen LogP contribution in [0.5, 0.6) is 5.75 Å². The number of ketones is 1. The Balaban J connectivity index is 3.13. The predicted molar refractivity (Wildman–Crippen MR) is 85.1 cm³/mol. The average Bonchev–Trinajstić information content (AvgIpc) is 2.35. The molecule has 0 saturated heterocycles. The summed E-state index contributed by atoms with van der Waals surface area (Å²) in [6, 6.07) is 5.89. The highest BCUT2D eigenvalue weighted by atomic mass is 35.5. The molecule has 0 atom stereocenters. The molecule has 0 N–H and O–H groups in total. The summed E-state index contributed by atoms with van der Waals surface area (Å²) >= 11 is 5.69. The van der Waals surface area contributed by atoms with Crippen molar-refractivity contribution in [2.75, 3.05) is 12.5 Å². The smallest absolute Gasteiger partial charge is 0.167 e. The van der Waals surface area contributed by atoms with Gasteiger partial charge >= 0.3 is 0 Å². The summed E-state index contributed by atoms with van der Waals surface area (Å²) in [5.74, 6) is 1.47. The molecule has 2 nitrogen and oxygen atoms in total. The lowest BCUT2D eigenvalue weighted by atomic mass is 9.85. The van der Waals surface area contributed by atoms with Crippen LogP contribution in [0.3, 0.4) is 0 Å². The monoisotopic (exact) mass is 296 g/mol. The van der Waals surface area contributed by atoms with Gasteiger partial charge in [-0.2, -0.15) is 0 Å². The molecule has 0 amide bonds. The number of alkyl halides is 1. The third-order valence-corrected chi connectivity index (χ3v) is 3.23. The van der Waals surface area contributed by atoms with E-state index in [1.165, 1.54) is 0 Å². The minimum absolute atomic E-state index is 0.00652. The fourth-order valence-corrected chi connectivity index (χ4v) is 1.99. The molecule has 20 heavy (non-hydrogen) atoms. The summed E-state index contributed by atoms with van der Waals surface area (Å²) in [5, 5.41) is 0. The van der Waals surface area contributed by atoms with Gasteiger partial charge in [-0.25, -0.2) is 0 Å². The number of carbonyl (C=O) groups excluding carboxylic acids is 1. The van der Waals surface area contributed by atoms with Crippen LogP contribution in [0.2, 0.25) is 0 Å². The molecular weight excluding hydrogens is 272 g/mol. The van der Waals surface area contributed by atoms with Gasteiger partial charge in [0.05, 0.1) is 12.2 Å². The Kier molecular flexibility index (Phi) is 6.07. The van der Waals surface area contributed by atoms with E-state index in [0.29, 0.717) is 36.1 Å². The minimum Gasteiger partial charge on any atom is -0.493 e. The Bertz CT molecular complexity index is 459. The molecule has 0 aliphatic carbocycles. The predicted octanol–water partition coefficient (Wildman–Crippen LogP) is 4.83. The first-order valence-corrected chi connectivity index (χ1v) is 7.65. The van der Waals surface area contributed by atoms with Crippen LogP contribution in [-0.4, -0.2) is 18.3 Å². The van der Waals surface area contributed by atoms with Gasteiger partial charge in [-0.05, 0) is 29.0 Å². The van der Waals surface area contributed by atoms with E-state index >= 15 is 0 Å². The normalized spacial score (nSPS) is 11.8. The van der Waals surface area contributed by atoms with Crippen LogP contribution in [0.15, 0.2) is 18.2 Å². The van der Waals surface area contributed by atoms with Crippen LogP contribution in [0.1, 0.15) is 57.0 Å². The van der Waals surface area contributed by atoms with Gasteiger partial charge in [0.2, 0.25) is 0 Å². The molecule has 0 heterocycles. The molecule has 0 aliphatic rings. The summed E-state index contributed by atoms with van der Waals surface area (Å²) in [6.07, 6.45) is 0.340. The summed E-state index contributed by atoms with van der Waals surface area (Å²) in [6.45, 7) is 11.2. The van der Waals surface area contributed by atoms with E-state index < -0.39 is 0 Å². The number of hydrogen-bond donors (Lipinski definition) is 0. The molecule has 0 unspecified atom stereocenters. The Labute approximate surface area is 127 Å². The Morgan fingerprint density at radius 2 is 1.95 bits per heavy atom. The molecule has 0 aromatic heterocycles. The van der Waals surface area contributed by atoms with Crippen LogP contribution in [-0.2, 0) is 5.41 Å². The van der Waals surface area contributed by atoms with Crippen molar-refractivity contribution in [3.8, 4) is 5.75 Å². The van der Waals surface area contributed by atoms with Gasteiger partial charge in [-0.15, -0.1) is 11.6 Å². The van der Waals surface area contributed by atoms with Crippen molar-refractivity contribution < 1.29 is 9.53 Å². The highest BCUT2D eigenvalue weighted by molar-refractivity contribution is 6.19. The molecule has 3 heteroatoms. The maximum Gasteiger partial charge on any atom is 0.167 e. The van der Waals surface area contributed by atoms with Crippen molar-refractivity contribution in [1.29, 1.82) is 0 Å². The van der Waals surface area contributed by atoms with E-state index in [4.69, 9.17) is 16.3 Å². The van der Waals surface area contributed by atoms with E-state index in [1.807, 2.05) is 18.2 Å². The molecule has 1 aromatic carbocycles. The molecule has 0 saturated carbocycles. The lowest BCUT2D eigenvalue weighted by Crippen LogP contribution is -2.14. The van der Waals surface area contributed by atoms with Crippen molar-refractivity contribution in [1.82, 2.24) is 0 Å². The van der Waals surface area contributed by atoms with E-state index in [2.05, 4.69) is 34.6 Å². The lowest BCUT2D eigenvalue weighted by Gasteiger charge is -2.21. The standard InChI is InChI=1S/C17H25ClO2/c1-12(2)11-20-16-7-6-13(17(3,4)5)10-14(16)15(19)8-9-18/h6-7,10,12H,8-9,11H2,1-5H3. The zero-order valence-corrected chi connectivity index (χ0v) is 13.9. The number of halogens is 1. The fraction of sp³-hybridized carbons (Fsp3) is 0.588. The van der Waals surface area contributed by atoms with E-state index in [9.17, 15) is 4.79 Å². The molecule has 0 bridgehead atoms. The Hall–Kier alpha value is -1.02. The fourth-order valence-electron chi connectivity index (χ4n) is 1.82. The topological polar surface area (TPSA) is 26.3 Å². The van der Waals surface area contributed by atoms with E-state index in [0.717, 1.165) is 5.56 Å². The first-order valence-electron chi connectivity index (χ1n) is 7.12. The molecule has 1 rings (SSSR count). The van der Waals surface area contributed by atoms with Crippen molar-refractivity contribution in [2.24, 2.45) is 5.92 Å². The van der Waals surface area contributed by atoms with E-state index in [1.54, 1.807) is 0 Å². The second-order valence-electron chi connectivity index (χ2n) is 6.53. The van der Waals surface area contributed by atoms with Gasteiger partial charge < -0.3 is 4.74 Å². The molecule has 0 spiro atoms.